The summed E-state index contributed by atoms with van der Waals surface area (Å²) in [7, 11) is 0. The van der Waals surface area contributed by atoms with E-state index in [0.717, 1.165) is 6.42 Å². The molecule has 1 atom stereocenters. The summed E-state index contributed by atoms with van der Waals surface area (Å²) in [6, 6.07) is 7.10. The summed E-state index contributed by atoms with van der Waals surface area (Å²) in [6.07, 6.45) is 1.49. The second kappa shape index (κ2) is 6.55. The Balaban J connectivity index is 1.96. The van der Waals surface area contributed by atoms with Crippen molar-refractivity contribution < 1.29 is 9.18 Å². The molecule has 0 spiro atoms. The fourth-order valence-corrected chi connectivity index (χ4v) is 3.03. The van der Waals surface area contributed by atoms with Gasteiger partial charge >= 0.3 is 0 Å². The van der Waals surface area contributed by atoms with Crippen LogP contribution in [-0.4, -0.2) is 27.3 Å². The quantitative estimate of drug-likeness (QED) is 0.941. The van der Waals surface area contributed by atoms with Gasteiger partial charge in [-0.1, -0.05) is 26.0 Å². The number of likely N-dealkylation sites (tertiary alicyclic amines) is 1. The third-order valence-electron chi connectivity index (χ3n) is 4.30. The fraction of sp³-hybridized carbons (Fsp3) is 0.389. The Morgan fingerprint density at radius 3 is 2.83 bits per heavy atom. The van der Waals surface area contributed by atoms with Gasteiger partial charge in [0.15, 0.2) is 0 Å². The number of carbonyl (C=O) groups excluding carboxylic acids is 1. The summed E-state index contributed by atoms with van der Waals surface area (Å²) in [5, 5.41) is 0. The number of H-pyrrole nitrogens is 1. The van der Waals surface area contributed by atoms with Gasteiger partial charge in [-0.15, -0.1) is 0 Å². The van der Waals surface area contributed by atoms with E-state index in [1.165, 1.54) is 18.2 Å². The molecule has 1 fully saturated rings. The van der Waals surface area contributed by atoms with Gasteiger partial charge in [0.2, 0.25) is 0 Å². The number of nitrogens with one attached hydrogen (secondary N) is 1. The van der Waals surface area contributed by atoms with Gasteiger partial charge in [-0.2, -0.15) is 0 Å². The first-order chi connectivity index (χ1) is 11.5. The largest absolute Gasteiger partial charge is 0.328 e. The van der Waals surface area contributed by atoms with Gasteiger partial charge in [0.05, 0.1) is 17.3 Å². The lowest BCUT2D eigenvalue weighted by Gasteiger charge is -2.24. The van der Waals surface area contributed by atoms with Crippen LogP contribution in [0.1, 0.15) is 60.5 Å². The number of nitrogens with zero attached hydrogens (tertiary/aromatic N) is 2. The van der Waals surface area contributed by atoms with Crippen LogP contribution in [0.15, 0.2) is 35.1 Å². The van der Waals surface area contributed by atoms with E-state index in [0.29, 0.717) is 24.5 Å². The molecule has 6 heteroatoms. The Kier molecular flexibility index (Phi) is 4.46. The molecule has 1 aliphatic heterocycles. The number of rotatable bonds is 3. The van der Waals surface area contributed by atoms with E-state index in [2.05, 4.69) is 9.97 Å². The zero-order valence-corrected chi connectivity index (χ0v) is 13.8. The van der Waals surface area contributed by atoms with Crippen LogP contribution in [0.4, 0.5) is 4.39 Å². The molecule has 3 rings (SSSR count). The summed E-state index contributed by atoms with van der Waals surface area (Å²) in [6.45, 7) is 4.44. The molecule has 1 N–H and O–H groups in total. The number of aromatic nitrogens is 2. The van der Waals surface area contributed by atoms with Crippen molar-refractivity contribution in [1.82, 2.24) is 14.9 Å². The lowest BCUT2D eigenvalue weighted by Crippen LogP contribution is -2.33. The summed E-state index contributed by atoms with van der Waals surface area (Å²) in [4.78, 5) is 33.5. The maximum atomic E-state index is 13.9. The predicted molar refractivity (Wildman–Crippen MR) is 88.4 cm³/mol. The van der Waals surface area contributed by atoms with E-state index in [1.54, 1.807) is 17.0 Å². The molecule has 1 saturated heterocycles. The molecule has 1 unspecified atom stereocenters. The average molecular weight is 329 g/mol. The van der Waals surface area contributed by atoms with Crippen molar-refractivity contribution in [3.8, 4) is 0 Å². The topological polar surface area (TPSA) is 66.1 Å². The fourth-order valence-electron chi connectivity index (χ4n) is 3.03. The minimum atomic E-state index is -0.537. The highest BCUT2D eigenvalue weighted by Crippen LogP contribution is 2.31. The molecule has 1 aliphatic rings. The van der Waals surface area contributed by atoms with Gasteiger partial charge in [0.1, 0.15) is 11.6 Å². The van der Waals surface area contributed by atoms with Crippen LogP contribution >= 0.6 is 0 Å². The molecule has 5 nitrogen and oxygen atoms in total. The molecule has 2 aromatic rings. The highest BCUT2D eigenvalue weighted by molar-refractivity contribution is 5.94. The van der Waals surface area contributed by atoms with E-state index >= 15 is 0 Å². The molecule has 2 heterocycles. The van der Waals surface area contributed by atoms with Gasteiger partial charge in [0, 0.05) is 12.6 Å². The Morgan fingerprint density at radius 2 is 2.12 bits per heavy atom. The number of hydrogen-bond acceptors (Lipinski definition) is 3. The second-order valence-corrected chi connectivity index (χ2v) is 6.35. The molecule has 0 aliphatic carbocycles. The van der Waals surface area contributed by atoms with Crippen LogP contribution in [0.5, 0.6) is 0 Å². The molecule has 0 bridgehead atoms. The van der Waals surface area contributed by atoms with E-state index < -0.39 is 5.82 Å². The van der Waals surface area contributed by atoms with Crippen molar-refractivity contribution in [2.45, 2.75) is 38.6 Å². The zero-order valence-electron chi connectivity index (χ0n) is 13.8. The van der Waals surface area contributed by atoms with E-state index in [-0.39, 0.29) is 29.0 Å². The van der Waals surface area contributed by atoms with Gasteiger partial charge < -0.3 is 9.88 Å². The third-order valence-corrected chi connectivity index (χ3v) is 4.30. The van der Waals surface area contributed by atoms with Crippen molar-refractivity contribution in [1.29, 1.82) is 0 Å². The number of hydrogen-bond donors (Lipinski definition) is 1. The molecule has 1 amide bonds. The van der Waals surface area contributed by atoms with E-state index in [4.69, 9.17) is 0 Å². The Bertz CT molecular complexity index is 816. The summed E-state index contributed by atoms with van der Waals surface area (Å²) < 4.78 is 13.9. The van der Waals surface area contributed by atoms with Crippen LogP contribution in [0.3, 0.4) is 0 Å². The molecule has 126 valence electrons. The van der Waals surface area contributed by atoms with Crippen molar-refractivity contribution in [2.24, 2.45) is 0 Å². The summed E-state index contributed by atoms with van der Waals surface area (Å²) >= 11 is 0. The standard InChI is InChI=1S/C18H20FN3O2/c1-11(2)14-10-16(23)21-17(20-14)15-8-5-9-22(15)18(24)12-6-3-4-7-13(12)19/h3-4,6-7,10-11,15H,5,8-9H2,1-2H3,(H,20,21,23). The van der Waals surface area contributed by atoms with Crippen LogP contribution < -0.4 is 5.56 Å². The third kappa shape index (κ3) is 3.09. The van der Waals surface area contributed by atoms with Crippen LogP contribution in [-0.2, 0) is 0 Å². The number of halogens is 1. The van der Waals surface area contributed by atoms with Crippen molar-refractivity contribution in [3.63, 3.8) is 0 Å². The smallest absolute Gasteiger partial charge is 0.257 e. The van der Waals surface area contributed by atoms with Crippen LogP contribution in [0.2, 0.25) is 0 Å². The van der Waals surface area contributed by atoms with E-state index in [9.17, 15) is 14.0 Å². The number of amides is 1. The van der Waals surface area contributed by atoms with Crippen molar-refractivity contribution in [2.75, 3.05) is 6.54 Å². The lowest BCUT2D eigenvalue weighted by molar-refractivity contribution is 0.0724. The number of benzene rings is 1. The maximum absolute atomic E-state index is 13.9. The SMILES string of the molecule is CC(C)c1cc(=O)[nH]c(C2CCCN2C(=O)c2ccccc2F)n1. The molecule has 0 radical (unpaired) electrons. The Labute approximate surface area is 139 Å². The molecule has 1 aromatic carbocycles. The maximum Gasteiger partial charge on any atom is 0.257 e. The van der Waals surface area contributed by atoms with Gasteiger partial charge in [0.25, 0.3) is 11.5 Å². The molecular weight excluding hydrogens is 309 g/mol. The molecule has 0 saturated carbocycles. The monoisotopic (exact) mass is 329 g/mol. The van der Waals surface area contributed by atoms with Crippen LogP contribution in [0, 0.1) is 5.82 Å². The average Bonchev–Trinajstić information content (AvgIpc) is 3.03. The second-order valence-electron chi connectivity index (χ2n) is 6.35. The number of carbonyl (C=O) groups is 1. The van der Waals surface area contributed by atoms with Crippen molar-refractivity contribution in [3.05, 3.63) is 63.6 Å². The molecular formula is C18H20FN3O2. The number of aromatic amines is 1. The van der Waals surface area contributed by atoms with Crippen LogP contribution in [0.25, 0.3) is 0 Å². The minimum Gasteiger partial charge on any atom is -0.328 e. The van der Waals surface area contributed by atoms with Gasteiger partial charge in [-0.25, -0.2) is 9.37 Å². The first-order valence-electron chi connectivity index (χ1n) is 8.14. The Hall–Kier alpha value is -2.50. The highest BCUT2D eigenvalue weighted by atomic mass is 19.1. The molecule has 24 heavy (non-hydrogen) atoms. The minimum absolute atomic E-state index is 0.0479. The normalized spacial score (nSPS) is 17.5. The van der Waals surface area contributed by atoms with Gasteiger partial charge in [-0.05, 0) is 30.9 Å². The zero-order chi connectivity index (χ0) is 17.3. The van der Waals surface area contributed by atoms with Crippen molar-refractivity contribution >= 4 is 5.91 Å². The summed E-state index contributed by atoms with van der Waals surface area (Å²) in [5.74, 6) is -0.310. The summed E-state index contributed by atoms with van der Waals surface area (Å²) in [5.41, 5.74) is 0.514. The first-order valence-corrected chi connectivity index (χ1v) is 8.14. The predicted octanol–water partition coefficient (Wildman–Crippen LogP) is 3.01. The van der Waals surface area contributed by atoms with E-state index in [1.807, 2.05) is 13.8 Å². The first kappa shape index (κ1) is 16.4. The Morgan fingerprint density at radius 1 is 1.38 bits per heavy atom. The highest BCUT2D eigenvalue weighted by Gasteiger charge is 2.33. The van der Waals surface area contributed by atoms with Gasteiger partial charge in [-0.3, -0.25) is 9.59 Å². The molecule has 1 aromatic heterocycles. The lowest BCUT2D eigenvalue weighted by atomic mass is 10.1.